The maximum atomic E-state index is 14.9. The molecule has 3 rings (SSSR count). The highest BCUT2D eigenvalue weighted by molar-refractivity contribution is 7.89. The Labute approximate surface area is 192 Å². The van der Waals surface area contributed by atoms with E-state index < -0.39 is 44.2 Å². The van der Waals surface area contributed by atoms with Crippen molar-refractivity contribution in [1.82, 2.24) is 9.29 Å². The molecule has 0 aliphatic carbocycles. The van der Waals surface area contributed by atoms with Gasteiger partial charge in [0.05, 0.1) is 17.0 Å². The fourth-order valence-corrected chi connectivity index (χ4v) is 4.74. The van der Waals surface area contributed by atoms with Crippen LogP contribution >= 0.6 is 11.6 Å². The summed E-state index contributed by atoms with van der Waals surface area (Å²) < 4.78 is 44.8. The summed E-state index contributed by atoms with van der Waals surface area (Å²) >= 11 is 5.98. The number of hydrogen-bond acceptors (Lipinski definition) is 10. The van der Waals surface area contributed by atoms with E-state index in [1.54, 1.807) is 0 Å². The number of aromatic nitrogens is 1. The number of carbonyl (C=O) groups is 1. The average Bonchev–Trinajstić information content (AvgIpc) is 2.67. The summed E-state index contributed by atoms with van der Waals surface area (Å²) in [6.45, 7) is 1.37. The van der Waals surface area contributed by atoms with Crippen LogP contribution in [0.5, 0.6) is 5.75 Å². The molecule has 6 N–H and O–H groups in total. The monoisotopic (exact) mass is 503 g/mol. The molecule has 0 fully saturated rings. The van der Waals surface area contributed by atoms with Crippen molar-refractivity contribution in [1.29, 1.82) is 0 Å². The predicted molar refractivity (Wildman–Crippen MR) is 114 cm³/mol. The lowest BCUT2D eigenvalue weighted by atomic mass is 9.93. The number of nitrogens with zero attached hydrogens (tertiary/aromatic N) is 3. The van der Waals surface area contributed by atoms with Gasteiger partial charge in [0, 0.05) is 18.3 Å². The minimum Gasteiger partial charge on any atom is -0.415 e. The number of aliphatic hydroxyl groups is 3. The summed E-state index contributed by atoms with van der Waals surface area (Å²) in [4.78, 5) is 20.4. The summed E-state index contributed by atoms with van der Waals surface area (Å²) in [6, 6.07) is 4.59. The second-order valence-electron chi connectivity index (χ2n) is 7.30. The molecule has 1 aliphatic rings. The molecule has 33 heavy (non-hydrogen) atoms. The van der Waals surface area contributed by atoms with Crippen LogP contribution in [0, 0.1) is 5.82 Å². The summed E-state index contributed by atoms with van der Waals surface area (Å²) in [5.74, 6) is -2.86. The number of halogens is 2. The van der Waals surface area contributed by atoms with Gasteiger partial charge in [-0.25, -0.2) is 27.1 Å². The molecule has 1 aromatic heterocycles. The van der Waals surface area contributed by atoms with E-state index in [1.165, 1.54) is 20.0 Å². The molecular formula is C18H19ClFN5O7S. The molecule has 1 amide bonds. The fraction of sp³-hybridized carbons (Fsp3) is 0.278. The maximum Gasteiger partial charge on any atom is 0.453 e. The molecule has 0 radical (unpaired) electrons. The number of nitrogens with one attached hydrogen (secondary N) is 1. The van der Waals surface area contributed by atoms with Crippen LogP contribution in [0.3, 0.4) is 0 Å². The van der Waals surface area contributed by atoms with Crippen LogP contribution < -0.4 is 15.8 Å². The van der Waals surface area contributed by atoms with E-state index in [0.29, 0.717) is 0 Å². The molecule has 2 heterocycles. The van der Waals surface area contributed by atoms with Gasteiger partial charge in [0.2, 0.25) is 16.0 Å². The van der Waals surface area contributed by atoms with Crippen molar-refractivity contribution in [3.05, 3.63) is 52.6 Å². The maximum absolute atomic E-state index is 14.9. The van der Waals surface area contributed by atoms with Crippen LogP contribution in [0.25, 0.3) is 0 Å². The summed E-state index contributed by atoms with van der Waals surface area (Å²) in [5, 5.41) is 28.4. The lowest BCUT2D eigenvalue weighted by Gasteiger charge is -2.34. The topological polar surface area (TPSA) is 188 Å². The third-order valence-corrected chi connectivity index (χ3v) is 6.88. The summed E-state index contributed by atoms with van der Waals surface area (Å²) in [6.07, 6.45) is -2.48. The molecule has 2 aromatic rings. The largest absolute Gasteiger partial charge is 0.453 e. The highest BCUT2D eigenvalue weighted by Crippen LogP contribution is 2.37. The predicted octanol–water partition coefficient (Wildman–Crippen LogP) is -0.101. The van der Waals surface area contributed by atoms with Gasteiger partial charge in [0.15, 0.2) is 0 Å². The molecule has 178 valence electrons. The molecule has 15 heteroatoms. The molecule has 0 saturated carbocycles. The Morgan fingerprint density at radius 3 is 2.58 bits per heavy atom. The number of benzene rings is 1. The highest BCUT2D eigenvalue weighted by Gasteiger charge is 2.42. The van der Waals surface area contributed by atoms with Gasteiger partial charge >= 0.3 is 6.16 Å². The van der Waals surface area contributed by atoms with Crippen LogP contribution in [-0.2, 0) is 15.6 Å². The zero-order valence-electron chi connectivity index (χ0n) is 17.2. The third kappa shape index (κ3) is 5.31. The third-order valence-electron chi connectivity index (χ3n) is 4.65. The number of nitrogens with two attached hydrogens (primary N) is 1. The number of guanidine groups is 1. The molecule has 0 spiro atoms. The first kappa shape index (κ1) is 24.6. The number of hydrogen-bond donors (Lipinski definition) is 5. The average molecular weight is 504 g/mol. The molecule has 1 atom stereocenters. The lowest BCUT2D eigenvalue weighted by molar-refractivity contribution is -0.419. The first-order valence-electron chi connectivity index (χ1n) is 9.06. The van der Waals surface area contributed by atoms with Crippen molar-refractivity contribution in [3.63, 3.8) is 0 Å². The summed E-state index contributed by atoms with van der Waals surface area (Å²) in [5.41, 5.74) is 3.76. The molecule has 12 nitrogen and oxygen atoms in total. The van der Waals surface area contributed by atoms with Crippen LogP contribution in [0.15, 0.2) is 35.5 Å². The van der Waals surface area contributed by atoms with Gasteiger partial charge in [0.1, 0.15) is 22.8 Å². The van der Waals surface area contributed by atoms with E-state index in [4.69, 9.17) is 32.7 Å². The van der Waals surface area contributed by atoms with Crippen molar-refractivity contribution in [3.8, 4) is 5.75 Å². The molecule has 0 bridgehead atoms. The number of sulfonamides is 1. The van der Waals surface area contributed by atoms with Crippen LogP contribution in [0.4, 0.5) is 10.1 Å². The second-order valence-corrected chi connectivity index (χ2v) is 9.70. The molecule has 0 saturated heterocycles. The number of ether oxygens (including phenoxy) is 1. The highest BCUT2D eigenvalue weighted by atomic mass is 35.5. The van der Waals surface area contributed by atoms with Gasteiger partial charge in [-0.05, 0) is 31.2 Å². The van der Waals surface area contributed by atoms with Crippen LogP contribution in [0.2, 0.25) is 5.02 Å². The van der Waals surface area contributed by atoms with Gasteiger partial charge in [0.25, 0.3) is 5.91 Å². The molecule has 0 unspecified atom stereocenters. The van der Waals surface area contributed by atoms with Crippen molar-refractivity contribution < 1.29 is 37.7 Å². The second kappa shape index (κ2) is 8.39. The van der Waals surface area contributed by atoms with Crippen LogP contribution in [0.1, 0.15) is 23.0 Å². The standard InChI is InChI=1S/C18H19ClFN5O7S/c1-17(8-33(30,31)25(2)16(21)24-17)11-5-9(6-12(19)14(11)20)23-15(26)13-4-3-10(7-22-13)32-18(27,28)29/h3-7,27-29H,8H2,1-2H3,(H2,21,24)(H,23,26)/t17-/m0/s1. The Hall–Kier alpha value is -3.04. The first-order chi connectivity index (χ1) is 15.1. The number of anilines is 1. The van der Waals surface area contributed by atoms with E-state index in [9.17, 15) is 17.6 Å². The van der Waals surface area contributed by atoms with Gasteiger partial charge in [-0.15, -0.1) is 0 Å². The van der Waals surface area contributed by atoms with E-state index in [0.717, 1.165) is 28.7 Å². The zero-order valence-corrected chi connectivity index (χ0v) is 18.7. The Morgan fingerprint density at radius 1 is 1.36 bits per heavy atom. The minimum absolute atomic E-state index is 0.0231. The van der Waals surface area contributed by atoms with Crippen molar-refractivity contribution in [2.45, 2.75) is 18.6 Å². The smallest absolute Gasteiger partial charge is 0.415 e. The lowest BCUT2D eigenvalue weighted by Crippen LogP contribution is -2.50. The molecule has 1 aliphatic heterocycles. The van der Waals surface area contributed by atoms with Gasteiger partial charge in [-0.3, -0.25) is 4.79 Å². The quantitative estimate of drug-likeness (QED) is 0.347. The number of carbonyl (C=O) groups excluding carboxylic acids is 1. The SMILES string of the molecule is CN1C(N)=N[C@](C)(c2cc(NC(=O)c3ccc(OC(O)(O)O)cn3)cc(Cl)c2F)CS1(=O)=O. The van der Waals surface area contributed by atoms with E-state index in [-0.39, 0.29) is 28.7 Å². The Kier molecular flexibility index (Phi) is 6.25. The number of pyridine rings is 1. The van der Waals surface area contributed by atoms with E-state index in [2.05, 4.69) is 20.0 Å². The number of amides is 1. The van der Waals surface area contributed by atoms with Crippen molar-refractivity contribution >= 4 is 39.2 Å². The van der Waals surface area contributed by atoms with E-state index in [1.807, 2.05) is 0 Å². The van der Waals surface area contributed by atoms with Gasteiger partial charge in [-0.2, -0.15) is 0 Å². The first-order valence-corrected chi connectivity index (χ1v) is 11.0. The molecule has 1 aromatic carbocycles. The van der Waals surface area contributed by atoms with Crippen molar-refractivity contribution in [2.24, 2.45) is 10.7 Å². The van der Waals surface area contributed by atoms with Gasteiger partial charge in [-0.1, -0.05) is 11.6 Å². The van der Waals surface area contributed by atoms with Crippen molar-refractivity contribution in [2.75, 3.05) is 18.1 Å². The summed E-state index contributed by atoms with van der Waals surface area (Å²) in [7, 11) is -2.67. The number of rotatable bonds is 5. The fourth-order valence-electron chi connectivity index (χ4n) is 3.07. The zero-order chi connectivity index (χ0) is 24.8. The van der Waals surface area contributed by atoms with Crippen LogP contribution in [-0.4, -0.2) is 63.9 Å². The Bertz CT molecular complexity index is 1230. The Balaban J connectivity index is 1.91. The Morgan fingerprint density at radius 2 is 2.03 bits per heavy atom. The minimum atomic E-state index is -3.89. The number of aliphatic imine (C=N–C) groups is 1. The van der Waals surface area contributed by atoms with E-state index >= 15 is 0 Å². The normalized spacial score (nSPS) is 20.2. The molecular weight excluding hydrogens is 485 g/mol. The van der Waals surface area contributed by atoms with Gasteiger partial charge < -0.3 is 31.1 Å².